The first-order valence-electron chi connectivity index (χ1n) is 5.88. The molecule has 1 amide bonds. The Morgan fingerprint density at radius 3 is 2.37 bits per heavy atom. The van der Waals surface area contributed by atoms with Crippen molar-refractivity contribution in [2.75, 3.05) is 11.1 Å². The molecule has 0 aliphatic carbocycles. The first-order valence-corrected chi connectivity index (χ1v) is 7.95. The Morgan fingerprint density at radius 1 is 1.11 bits per heavy atom. The summed E-state index contributed by atoms with van der Waals surface area (Å²) in [6, 6.07) is 16.0. The second-order valence-corrected chi connectivity index (χ2v) is 6.45. The van der Waals surface area contributed by atoms with Gasteiger partial charge in [-0.05, 0) is 65.9 Å². The van der Waals surface area contributed by atoms with Gasteiger partial charge in [0.05, 0.1) is 5.75 Å². The van der Waals surface area contributed by atoms with Crippen LogP contribution < -0.4 is 5.32 Å². The van der Waals surface area contributed by atoms with E-state index in [-0.39, 0.29) is 5.91 Å². The van der Waals surface area contributed by atoms with E-state index in [1.807, 2.05) is 36.4 Å². The van der Waals surface area contributed by atoms with Gasteiger partial charge >= 0.3 is 0 Å². The lowest BCUT2D eigenvalue weighted by Gasteiger charge is -2.05. The number of amides is 1. The minimum absolute atomic E-state index is 0.0202. The summed E-state index contributed by atoms with van der Waals surface area (Å²) in [7, 11) is 0. The van der Waals surface area contributed by atoms with E-state index in [9.17, 15) is 4.79 Å². The molecule has 1 N–H and O–H groups in total. The lowest BCUT2D eigenvalue weighted by Crippen LogP contribution is -2.13. The molecule has 0 bridgehead atoms. The highest BCUT2D eigenvalue weighted by atomic mass is 127. The lowest BCUT2D eigenvalue weighted by molar-refractivity contribution is -0.113. The highest BCUT2D eigenvalue weighted by Gasteiger charge is 2.03. The van der Waals surface area contributed by atoms with Crippen molar-refractivity contribution in [1.82, 2.24) is 0 Å². The predicted octanol–water partition coefficient (Wildman–Crippen LogP) is 4.33. The summed E-state index contributed by atoms with van der Waals surface area (Å²) in [6.45, 7) is 2.05. The smallest absolute Gasteiger partial charge is 0.234 e. The van der Waals surface area contributed by atoms with Crippen molar-refractivity contribution in [3.05, 3.63) is 57.7 Å². The minimum Gasteiger partial charge on any atom is -0.325 e. The molecule has 0 radical (unpaired) electrons. The van der Waals surface area contributed by atoms with Gasteiger partial charge in [0.25, 0.3) is 0 Å². The number of hydrogen-bond acceptors (Lipinski definition) is 2. The molecule has 19 heavy (non-hydrogen) atoms. The SMILES string of the molecule is Cc1ccc(SCC(=O)Nc2ccc(I)cc2)cc1. The average molecular weight is 383 g/mol. The second kappa shape index (κ2) is 6.96. The number of carbonyl (C=O) groups is 1. The van der Waals surface area contributed by atoms with Gasteiger partial charge in [-0.15, -0.1) is 11.8 Å². The Kier molecular flexibility index (Phi) is 5.27. The van der Waals surface area contributed by atoms with Crippen LogP contribution in [0.4, 0.5) is 5.69 Å². The molecule has 0 spiro atoms. The number of benzene rings is 2. The van der Waals surface area contributed by atoms with Crippen molar-refractivity contribution in [3.8, 4) is 0 Å². The Balaban J connectivity index is 1.84. The van der Waals surface area contributed by atoms with Crippen molar-refractivity contribution >= 4 is 45.9 Å². The summed E-state index contributed by atoms with van der Waals surface area (Å²) in [5.41, 5.74) is 2.07. The van der Waals surface area contributed by atoms with E-state index in [1.54, 1.807) is 11.8 Å². The van der Waals surface area contributed by atoms with E-state index in [0.29, 0.717) is 5.75 Å². The van der Waals surface area contributed by atoms with Crippen molar-refractivity contribution < 1.29 is 4.79 Å². The van der Waals surface area contributed by atoms with E-state index >= 15 is 0 Å². The summed E-state index contributed by atoms with van der Waals surface area (Å²) >= 11 is 3.79. The van der Waals surface area contributed by atoms with Crippen molar-refractivity contribution in [1.29, 1.82) is 0 Å². The largest absolute Gasteiger partial charge is 0.325 e. The number of anilines is 1. The van der Waals surface area contributed by atoms with Crippen LogP contribution >= 0.6 is 34.4 Å². The molecular formula is C15H14INOS. The van der Waals surface area contributed by atoms with Crippen LogP contribution in [0.3, 0.4) is 0 Å². The minimum atomic E-state index is 0.0202. The molecule has 0 aliphatic heterocycles. The van der Waals surface area contributed by atoms with E-state index in [1.165, 1.54) is 5.56 Å². The molecule has 0 heterocycles. The van der Waals surface area contributed by atoms with Crippen molar-refractivity contribution in [2.45, 2.75) is 11.8 Å². The van der Waals surface area contributed by atoms with Gasteiger partial charge in [-0.2, -0.15) is 0 Å². The normalized spacial score (nSPS) is 10.2. The van der Waals surface area contributed by atoms with Crippen LogP contribution in [0.2, 0.25) is 0 Å². The zero-order valence-electron chi connectivity index (χ0n) is 10.5. The molecular weight excluding hydrogens is 369 g/mol. The maximum atomic E-state index is 11.8. The van der Waals surface area contributed by atoms with Crippen LogP contribution in [0.25, 0.3) is 0 Å². The first kappa shape index (κ1) is 14.4. The Morgan fingerprint density at radius 2 is 1.74 bits per heavy atom. The van der Waals surface area contributed by atoms with Crippen LogP contribution in [0.15, 0.2) is 53.4 Å². The first-order chi connectivity index (χ1) is 9.13. The molecule has 4 heteroatoms. The molecule has 0 unspecified atom stereocenters. The third-order valence-electron chi connectivity index (χ3n) is 2.52. The summed E-state index contributed by atoms with van der Waals surface area (Å²) in [5.74, 6) is 0.446. The van der Waals surface area contributed by atoms with Crippen LogP contribution in [0, 0.1) is 10.5 Å². The molecule has 0 aromatic heterocycles. The van der Waals surface area contributed by atoms with E-state index in [4.69, 9.17) is 0 Å². The summed E-state index contributed by atoms with van der Waals surface area (Å²) < 4.78 is 1.16. The molecule has 0 atom stereocenters. The average Bonchev–Trinajstić information content (AvgIpc) is 2.41. The Labute approximate surface area is 131 Å². The summed E-state index contributed by atoms with van der Waals surface area (Å²) in [4.78, 5) is 12.9. The van der Waals surface area contributed by atoms with E-state index in [0.717, 1.165) is 14.2 Å². The third kappa shape index (κ3) is 4.87. The summed E-state index contributed by atoms with van der Waals surface area (Å²) in [5, 5.41) is 2.89. The predicted molar refractivity (Wildman–Crippen MR) is 89.7 cm³/mol. The fourth-order valence-corrected chi connectivity index (χ4v) is 2.57. The van der Waals surface area contributed by atoms with Gasteiger partial charge in [0.1, 0.15) is 0 Å². The zero-order chi connectivity index (χ0) is 13.7. The van der Waals surface area contributed by atoms with Crippen LogP contribution in [-0.2, 0) is 4.79 Å². The number of thioether (sulfide) groups is 1. The lowest BCUT2D eigenvalue weighted by atomic mass is 10.2. The number of aryl methyl sites for hydroxylation is 1. The fourth-order valence-electron chi connectivity index (χ4n) is 1.51. The molecule has 0 aliphatic rings. The third-order valence-corrected chi connectivity index (χ3v) is 4.25. The quantitative estimate of drug-likeness (QED) is 0.629. The standard InChI is InChI=1S/C15H14INOS/c1-11-2-8-14(9-3-11)19-10-15(18)17-13-6-4-12(16)5-7-13/h2-9H,10H2,1H3,(H,17,18). The monoisotopic (exact) mass is 383 g/mol. The van der Waals surface area contributed by atoms with Gasteiger partial charge in [0, 0.05) is 14.2 Å². The van der Waals surface area contributed by atoms with Gasteiger partial charge in [-0.1, -0.05) is 17.7 Å². The Bertz CT molecular complexity index is 551. The highest BCUT2D eigenvalue weighted by molar-refractivity contribution is 14.1. The summed E-state index contributed by atoms with van der Waals surface area (Å²) in [6.07, 6.45) is 0. The Hall–Kier alpha value is -1.01. The van der Waals surface area contributed by atoms with E-state index in [2.05, 4.69) is 47.0 Å². The topological polar surface area (TPSA) is 29.1 Å². The van der Waals surface area contributed by atoms with Crippen molar-refractivity contribution in [2.24, 2.45) is 0 Å². The number of rotatable bonds is 4. The molecule has 0 saturated heterocycles. The van der Waals surface area contributed by atoms with Gasteiger partial charge in [0.2, 0.25) is 5.91 Å². The molecule has 2 nitrogen and oxygen atoms in total. The van der Waals surface area contributed by atoms with Gasteiger partial charge in [0.15, 0.2) is 0 Å². The molecule has 0 fully saturated rings. The number of carbonyl (C=O) groups excluding carboxylic acids is 1. The molecule has 2 aromatic carbocycles. The van der Waals surface area contributed by atoms with Crippen LogP contribution in [0.5, 0.6) is 0 Å². The number of halogens is 1. The van der Waals surface area contributed by atoms with Gasteiger partial charge in [-0.25, -0.2) is 0 Å². The van der Waals surface area contributed by atoms with Crippen LogP contribution in [0.1, 0.15) is 5.56 Å². The highest BCUT2D eigenvalue weighted by Crippen LogP contribution is 2.19. The fraction of sp³-hybridized carbons (Fsp3) is 0.133. The number of nitrogens with one attached hydrogen (secondary N) is 1. The van der Waals surface area contributed by atoms with Gasteiger partial charge in [-0.3, -0.25) is 4.79 Å². The molecule has 0 saturated carbocycles. The molecule has 2 rings (SSSR count). The maximum Gasteiger partial charge on any atom is 0.234 e. The van der Waals surface area contributed by atoms with Crippen LogP contribution in [-0.4, -0.2) is 11.7 Å². The maximum absolute atomic E-state index is 11.8. The molecule has 2 aromatic rings. The van der Waals surface area contributed by atoms with Gasteiger partial charge < -0.3 is 5.32 Å². The second-order valence-electron chi connectivity index (χ2n) is 4.16. The van der Waals surface area contributed by atoms with E-state index < -0.39 is 0 Å². The van der Waals surface area contributed by atoms with Crippen molar-refractivity contribution in [3.63, 3.8) is 0 Å². The zero-order valence-corrected chi connectivity index (χ0v) is 13.5. The molecule has 98 valence electrons. The number of hydrogen-bond donors (Lipinski definition) is 1.